The van der Waals surface area contributed by atoms with Crippen molar-refractivity contribution in [3.8, 4) is 0 Å². The number of aliphatic imine (C=N–C) groups is 1. The first-order valence-electron chi connectivity index (χ1n) is 4.66. The minimum atomic E-state index is -0.0950. The molecule has 3 heteroatoms. The molecule has 3 nitrogen and oxygen atoms in total. The normalized spacial score (nSPS) is 13.0. The molecule has 0 saturated carbocycles. The summed E-state index contributed by atoms with van der Waals surface area (Å²) in [5, 5.41) is 0. The van der Waals surface area contributed by atoms with E-state index >= 15 is 0 Å². The second-order valence-electron chi connectivity index (χ2n) is 4.41. The summed E-state index contributed by atoms with van der Waals surface area (Å²) in [6, 6.07) is 1.93. The molecule has 0 aromatic carbocycles. The van der Waals surface area contributed by atoms with Gasteiger partial charge in [0.15, 0.2) is 0 Å². The van der Waals surface area contributed by atoms with Gasteiger partial charge in [0, 0.05) is 11.6 Å². The van der Waals surface area contributed by atoms with Crippen LogP contribution < -0.4 is 5.73 Å². The number of rotatable bonds is 1. The Labute approximate surface area is 85.1 Å². The highest BCUT2D eigenvalue weighted by Crippen LogP contribution is 2.20. The number of nitrogens with two attached hydrogens (primary N) is 1. The molecule has 1 aromatic rings. The Morgan fingerprint density at radius 2 is 2.07 bits per heavy atom. The molecule has 2 N–H and O–H groups in total. The summed E-state index contributed by atoms with van der Waals surface area (Å²) < 4.78 is 0. The van der Waals surface area contributed by atoms with E-state index in [-0.39, 0.29) is 5.41 Å². The third-order valence-corrected chi connectivity index (χ3v) is 2.02. The standard InChI is InChI=1S/C11H17N3/c1-8-5-6-13-7-9(8)14-10(12)11(2,3)4/h5-7H,1-4H3,(H2,12,14). The van der Waals surface area contributed by atoms with E-state index in [2.05, 4.69) is 9.98 Å². The van der Waals surface area contributed by atoms with Gasteiger partial charge in [0.2, 0.25) is 0 Å². The van der Waals surface area contributed by atoms with Crippen molar-refractivity contribution >= 4 is 11.5 Å². The summed E-state index contributed by atoms with van der Waals surface area (Å²) in [7, 11) is 0. The first kappa shape index (κ1) is 10.7. The fourth-order valence-electron chi connectivity index (χ4n) is 0.870. The molecule has 0 aliphatic rings. The number of nitrogens with zero attached hydrogens (tertiary/aromatic N) is 2. The third-order valence-electron chi connectivity index (χ3n) is 2.02. The Kier molecular flexibility index (Phi) is 2.89. The van der Waals surface area contributed by atoms with Gasteiger partial charge in [-0.05, 0) is 18.6 Å². The van der Waals surface area contributed by atoms with Crippen LogP contribution in [-0.4, -0.2) is 10.8 Å². The first-order chi connectivity index (χ1) is 6.41. The number of hydrogen-bond donors (Lipinski definition) is 1. The van der Waals surface area contributed by atoms with Crippen molar-refractivity contribution < 1.29 is 0 Å². The van der Waals surface area contributed by atoms with Crippen molar-refractivity contribution in [3.63, 3.8) is 0 Å². The zero-order valence-corrected chi connectivity index (χ0v) is 9.20. The lowest BCUT2D eigenvalue weighted by Gasteiger charge is -2.17. The van der Waals surface area contributed by atoms with Crippen LogP contribution in [0.3, 0.4) is 0 Å². The summed E-state index contributed by atoms with van der Waals surface area (Å²) in [5.74, 6) is 0.633. The predicted octanol–water partition coefficient (Wildman–Crippen LogP) is 2.42. The monoisotopic (exact) mass is 191 g/mol. The largest absolute Gasteiger partial charge is 0.387 e. The van der Waals surface area contributed by atoms with Crippen LogP contribution in [0.1, 0.15) is 26.3 Å². The van der Waals surface area contributed by atoms with Gasteiger partial charge in [0.1, 0.15) is 5.84 Å². The highest BCUT2D eigenvalue weighted by Gasteiger charge is 2.15. The molecule has 0 aliphatic heterocycles. The molecule has 1 heterocycles. The molecule has 0 unspecified atom stereocenters. The maximum Gasteiger partial charge on any atom is 0.105 e. The Balaban J connectivity index is 3.04. The molecule has 0 amide bonds. The lowest BCUT2D eigenvalue weighted by Crippen LogP contribution is -2.28. The summed E-state index contributed by atoms with van der Waals surface area (Å²) in [6.45, 7) is 8.11. The summed E-state index contributed by atoms with van der Waals surface area (Å²) in [4.78, 5) is 8.38. The fourth-order valence-corrected chi connectivity index (χ4v) is 0.870. The smallest absolute Gasteiger partial charge is 0.105 e. The van der Waals surface area contributed by atoms with Crippen LogP contribution in [0.4, 0.5) is 5.69 Å². The van der Waals surface area contributed by atoms with Gasteiger partial charge in [0.05, 0.1) is 11.9 Å². The van der Waals surface area contributed by atoms with Crippen LogP contribution in [0, 0.1) is 12.3 Å². The van der Waals surface area contributed by atoms with Gasteiger partial charge in [-0.25, -0.2) is 4.99 Å². The molecule has 0 saturated heterocycles. The molecule has 0 atom stereocenters. The number of amidine groups is 1. The molecule has 14 heavy (non-hydrogen) atoms. The van der Waals surface area contributed by atoms with Gasteiger partial charge in [-0.15, -0.1) is 0 Å². The fraction of sp³-hybridized carbons (Fsp3) is 0.455. The minimum absolute atomic E-state index is 0.0950. The van der Waals surface area contributed by atoms with Crippen LogP contribution in [-0.2, 0) is 0 Å². The molecule has 0 fully saturated rings. The quantitative estimate of drug-likeness (QED) is 0.547. The molecule has 1 aromatic heterocycles. The van der Waals surface area contributed by atoms with E-state index in [9.17, 15) is 0 Å². The summed E-state index contributed by atoms with van der Waals surface area (Å²) >= 11 is 0. The molecule has 1 rings (SSSR count). The first-order valence-corrected chi connectivity index (χ1v) is 4.66. The SMILES string of the molecule is Cc1ccncc1N=C(N)C(C)(C)C. The Bertz CT molecular complexity index is 348. The van der Waals surface area contributed by atoms with E-state index in [0.717, 1.165) is 11.3 Å². The Hall–Kier alpha value is -1.38. The molecular formula is C11H17N3. The molecule has 76 valence electrons. The molecule has 0 spiro atoms. The molecule has 0 radical (unpaired) electrons. The highest BCUT2D eigenvalue weighted by atomic mass is 14.9. The van der Waals surface area contributed by atoms with Gasteiger partial charge >= 0.3 is 0 Å². The van der Waals surface area contributed by atoms with Crippen LogP contribution in [0.2, 0.25) is 0 Å². The maximum absolute atomic E-state index is 5.87. The van der Waals surface area contributed by atoms with Crippen molar-refractivity contribution in [1.82, 2.24) is 4.98 Å². The molecule has 0 aliphatic carbocycles. The van der Waals surface area contributed by atoms with Gasteiger partial charge < -0.3 is 5.73 Å². The van der Waals surface area contributed by atoms with E-state index < -0.39 is 0 Å². The van der Waals surface area contributed by atoms with Crippen LogP contribution >= 0.6 is 0 Å². The average Bonchev–Trinajstić information content (AvgIpc) is 2.07. The van der Waals surface area contributed by atoms with Crippen molar-refractivity contribution in [3.05, 3.63) is 24.0 Å². The second kappa shape index (κ2) is 3.78. The number of pyridine rings is 1. The average molecular weight is 191 g/mol. The number of hydrogen-bond acceptors (Lipinski definition) is 2. The lowest BCUT2D eigenvalue weighted by atomic mass is 9.95. The van der Waals surface area contributed by atoms with E-state index in [1.54, 1.807) is 12.4 Å². The minimum Gasteiger partial charge on any atom is -0.387 e. The van der Waals surface area contributed by atoms with Crippen molar-refractivity contribution in [2.75, 3.05) is 0 Å². The summed E-state index contributed by atoms with van der Waals surface area (Å²) in [6.07, 6.45) is 3.48. The summed E-state index contributed by atoms with van der Waals surface area (Å²) in [5.41, 5.74) is 7.72. The van der Waals surface area contributed by atoms with Gasteiger partial charge in [-0.3, -0.25) is 4.98 Å². The third kappa shape index (κ3) is 2.55. The van der Waals surface area contributed by atoms with Crippen molar-refractivity contribution in [1.29, 1.82) is 0 Å². The maximum atomic E-state index is 5.87. The zero-order valence-electron chi connectivity index (χ0n) is 9.20. The molecular weight excluding hydrogens is 174 g/mol. The van der Waals surface area contributed by atoms with E-state index in [1.807, 2.05) is 33.8 Å². The highest BCUT2D eigenvalue weighted by molar-refractivity contribution is 5.87. The number of aromatic nitrogens is 1. The Morgan fingerprint density at radius 3 is 2.57 bits per heavy atom. The topological polar surface area (TPSA) is 51.3 Å². The Morgan fingerprint density at radius 1 is 1.43 bits per heavy atom. The molecule has 0 bridgehead atoms. The van der Waals surface area contributed by atoms with Gasteiger partial charge in [-0.2, -0.15) is 0 Å². The van der Waals surface area contributed by atoms with Crippen LogP contribution in [0.25, 0.3) is 0 Å². The van der Waals surface area contributed by atoms with Gasteiger partial charge in [-0.1, -0.05) is 20.8 Å². The van der Waals surface area contributed by atoms with E-state index in [4.69, 9.17) is 5.73 Å². The van der Waals surface area contributed by atoms with Crippen LogP contribution in [0.5, 0.6) is 0 Å². The van der Waals surface area contributed by atoms with Gasteiger partial charge in [0.25, 0.3) is 0 Å². The number of aryl methyl sites for hydroxylation is 1. The lowest BCUT2D eigenvalue weighted by molar-refractivity contribution is 0.585. The van der Waals surface area contributed by atoms with Crippen molar-refractivity contribution in [2.45, 2.75) is 27.7 Å². The van der Waals surface area contributed by atoms with E-state index in [0.29, 0.717) is 5.84 Å². The second-order valence-corrected chi connectivity index (χ2v) is 4.41. The van der Waals surface area contributed by atoms with E-state index in [1.165, 1.54) is 0 Å². The van der Waals surface area contributed by atoms with Crippen molar-refractivity contribution in [2.24, 2.45) is 16.1 Å². The van der Waals surface area contributed by atoms with Crippen LogP contribution in [0.15, 0.2) is 23.5 Å². The predicted molar refractivity (Wildman–Crippen MR) is 59.7 cm³/mol. The zero-order chi connectivity index (χ0) is 10.8.